The molecular formula is C20H21ClN4O4S2. The van der Waals surface area contributed by atoms with Gasteiger partial charge >= 0.3 is 0 Å². The van der Waals surface area contributed by atoms with E-state index in [1.54, 1.807) is 19.9 Å². The van der Waals surface area contributed by atoms with E-state index in [1.165, 1.54) is 15.6 Å². The fraction of sp³-hybridized carbons (Fsp3) is 0.350. The Labute approximate surface area is 189 Å². The maximum atomic E-state index is 13.1. The van der Waals surface area contributed by atoms with Crippen LogP contribution in [0.1, 0.15) is 24.3 Å². The van der Waals surface area contributed by atoms with Crippen LogP contribution in [0.2, 0.25) is 5.02 Å². The molecule has 1 aliphatic rings. The van der Waals surface area contributed by atoms with Crippen molar-refractivity contribution in [3.05, 3.63) is 46.1 Å². The second kappa shape index (κ2) is 8.70. The van der Waals surface area contributed by atoms with Crippen molar-refractivity contribution in [3.63, 3.8) is 0 Å². The predicted octanol–water partition coefficient (Wildman–Crippen LogP) is 4.11. The topological polar surface area (TPSA) is 105 Å². The number of aryl methyl sites for hydroxylation is 2. The summed E-state index contributed by atoms with van der Waals surface area (Å²) in [5, 5.41) is 9.42. The molecular weight excluding hydrogens is 460 g/mol. The van der Waals surface area contributed by atoms with Crippen molar-refractivity contribution < 1.29 is 17.7 Å². The number of carbonyl (C=O) groups excluding carboxylic acids is 1. The number of hydrogen-bond acceptors (Lipinski definition) is 7. The molecule has 3 heterocycles. The zero-order valence-corrected chi connectivity index (χ0v) is 19.4. The number of thiazole rings is 1. The van der Waals surface area contributed by atoms with Crippen LogP contribution in [0.5, 0.6) is 0 Å². The van der Waals surface area contributed by atoms with Crippen LogP contribution in [0.25, 0.3) is 11.3 Å². The summed E-state index contributed by atoms with van der Waals surface area (Å²) in [5.41, 5.74) is 1.78. The average Bonchev–Trinajstić information content (AvgIpc) is 3.34. The molecule has 1 saturated heterocycles. The number of benzene rings is 1. The van der Waals surface area contributed by atoms with Gasteiger partial charge in [0.15, 0.2) is 10.9 Å². The van der Waals surface area contributed by atoms with Gasteiger partial charge in [0.25, 0.3) is 0 Å². The first-order valence-electron chi connectivity index (χ1n) is 9.71. The van der Waals surface area contributed by atoms with E-state index in [2.05, 4.69) is 15.5 Å². The molecule has 1 aromatic carbocycles. The first kappa shape index (κ1) is 21.9. The van der Waals surface area contributed by atoms with E-state index in [4.69, 9.17) is 16.1 Å². The number of piperidine rings is 1. The highest BCUT2D eigenvalue weighted by atomic mass is 35.5. The number of halogens is 1. The van der Waals surface area contributed by atoms with Gasteiger partial charge in [-0.25, -0.2) is 13.4 Å². The van der Waals surface area contributed by atoms with E-state index in [0.29, 0.717) is 40.9 Å². The fourth-order valence-electron chi connectivity index (χ4n) is 3.68. The number of hydrogen-bond donors (Lipinski definition) is 1. The van der Waals surface area contributed by atoms with Crippen LogP contribution in [0.15, 0.2) is 39.1 Å². The lowest BCUT2D eigenvalue weighted by atomic mass is 9.99. The van der Waals surface area contributed by atoms with Crippen LogP contribution in [0.3, 0.4) is 0 Å². The van der Waals surface area contributed by atoms with Gasteiger partial charge in [0.2, 0.25) is 15.9 Å². The minimum Gasteiger partial charge on any atom is -0.360 e. The molecule has 0 spiro atoms. The van der Waals surface area contributed by atoms with Gasteiger partial charge in [-0.3, -0.25) is 4.79 Å². The maximum Gasteiger partial charge on any atom is 0.248 e. The molecule has 31 heavy (non-hydrogen) atoms. The molecule has 4 rings (SSSR count). The third-order valence-electron chi connectivity index (χ3n) is 5.20. The van der Waals surface area contributed by atoms with Crippen LogP contribution < -0.4 is 5.32 Å². The Morgan fingerprint density at radius 2 is 2.10 bits per heavy atom. The Balaban J connectivity index is 1.47. The van der Waals surface area contributed by atoms with E-state index in [-0.39, 0.29) is 23.1 Å². The molecule has 0 saturated carbocycles. The van der Waals surface area contributed by atoms with Gasteiger partial charge in [0.1, 0.15) is 10.6 Å². The van der Waals surface area contributed by atoms with Crippen molar-refractivity contribution in [2.24, 2.45) is 5.92 Å². The van der Waals surface area contributed by atoms with Gasteiger partial charge in [0, 0.05) is 29.1 Å². The standard InChI is InChI=1S/C20H21ClN4O4S2/c1-12-18(13(2)29-24-12)31(27,28)25-9-5-6-14(10-25)19(26)23-20-22-17(11-30-20)15-7-3-4-8-16(15)21/h3-4,7-8,11,14H,5-6,9-10H2,1-2H3,(H,22,23,26). The number of sulfonamides is 1. The van der Waals surface area contributed by atoms with Gasteiger partial charge in [-0.1, -0.05) is 35.0 Å². The first-order valence-corrected chi connectivity index (χ1v) is 12.4. The van der Waals surface area contributed by atoms with Crippen molar-refractivity contribution in [2.75, 3.05) is 18.4 Å². The SMILES string of the molecule is Cc1noc(C)c1S(=O)(=O)N1CCCC(C(=O)Nc2nc(-c3ccccc3Cl)cs2)C1. The third-order valence-corrected chi connectivity index (χ3v) is 8.40. The summed E-state index contributed by atoms with van der Waals surface area (Å²) in [6, 6.07) is 7.35. The van der Waals surface area contributed by atoms with Crippen molar-refractivity contribution in [3.8, 4) is 11.3 Å². The van der Waals surface area contributed by atoms with Gasteiger partial charge in [0.05, 0.1) is 11.6 Å². The molecule has 0 aliphatic carbocycles. The molecule has 0 radical (unpaired) electrons. The number of nitrogens with zero attached hydrogens (tertiary/aromatic N) is 3. The normalized spacial score (nSPS) is 17.6. The third kappa shape index (κ3) is 4.38. The molecule has 1 aliphatic heterocycles. The summed E-state index contributed by atoms with van der Waals surface area (Å²) in [6.45, 7) is 3.61. The summed E-state index contributed by atoms with van der Waals surface area (Å²) in [7, 11) is -3.79. The van der Waals surface area contributed by atoms with Crippen LogP contribution in [0, 0.1) is 19.8 Å². The summed E-state index contributed by atoms with van der Waals surface area (Å²) in [4.78, 5) is 17.4. The molecule has 164 valence electrons. The molecule has 8 nitrogen and oxygen atoms in total. The molecule has 1 unspecified atom stereocenters. The zero-order valence-electron chi connectivity index (χ0n) is 17.0. The number of anilines is 1. The smallest absolute Gasteiger partial charge is 0.248 e. The van der Waals surface area contributed by atoms with E-state index in [0.717, 1.165) is 5.56 Å². The van der Waals surface area contributed by atoms with E-state index in [9.17, 15) is 13.2 Å². The number of aromatic nitrogens is 2. The lowest BCUT2D eigenvalue weighted by molar-refractivity contribution is -0.120. The summed E-state index contributed by atoms with van der Waals surface area (Å²) >= 11 is 7.52. The molecule has 1 atom stereocenters. The molecule has 1 N–H and O–H groups in total. The van der Waals surface area contributed by atoms with E-state index in [1.807, 2.05) is 23.6 Å². The summed E-state index contributed by atoms with van der Waals surface area (Å²) in [5.74, 6) is -0.477. The highest BCUT2D eigenvalue weighted by Crippen LogP contribution is 2.31. The average molecular weight is 481 g/mol. The fourth-order valence-corrected chi connectivity index (χ4v) is 6.44. The second-order valence-electron chi connectivity index (χ2n) is 7.36. The lowest BCUT2D eigenvalue weighted by Crippen LogP contribution is -2.43. The van der Waals surface area contributed by atoms with Crippen LogP contribution in [-0.4, -0.2) is 41.9 Å². The largest absolute Gasteiger partial charge is 0.360 e. The minimum atomic E-state index is -3.79. The zero-order chi connectivity index (χ0) is 22.2. The van der Waals surface area contributed by atoms with Gasteiger partial charge in [-0.2, -0.15) is 4.31 Å². The quantitative estimate of drug-likeness (QED) is 0.589. The lowest BCUT2D eigenvalue weighted by Gasteiger charge is -2.30. The Morgan fingerprint density at radius 3 is 2.81 bits per heavy atom. The molecule has 11 heteroatoms. The van der Waals surface area contributed by atoms with Gasteiger partial charge < -0.3 is 9.84 Å². The van der Waals surface area contributed by atoms with Gasteiger partial charge in [-0.15, -0.1) is 11.3 Å². The molecule has 1 fully saturated rings. The number of amides is 1. The number of rotatable bonds is 5. The number of carbonyl (C=O) groups is 1. The maximum absolute atomic E-state index is 13.1. The Morgan fingerprint density at radius 1 is 1.32 bits per heavy atom. The van der Waals surface area contributed by atoms with Crippen LogP contribution in [-0.2, 0) is 14.8 Å². The molecule has 3 aromatic rings. The predicted molar refractivity (Wildman–Crippen MR) is 119 cm³/mol. The van der Waals surface area contributed by atoms with Crippen LogP contribution >= 0.6 is 22.9 Å². The molecule has 2 aromatic heterocycles. The minimum absolute atomic E-state index is 0.0814. The van der Waals surface area contributed by atoms with Gasteiger partial charge in [-0.05, 0) is 32.8 Å². The van der Waals surface area contributed by atoms with E-state index >= 15 is 0 Å². The monoisotopic (exact) mass is 480 g/mol. The van der Waals surface area contributed by atoms with Crippen molar-refractivity contribution in [2.45, 2.75) is 31.6 Å². The van der Waals surface area contributed by atoms with Crippen molar-refractivity contribution in [1.82, 2.24) is 14.4 Å². The Hall–Kier alpha value is -2.27. The Bertz CT molecular complexity index is 1200. The van der Waals surface area contributed by atoms with Crippen LogP contribution in [0.4, 0.5) is 5.13 Å². The Kier molecular flexibility index (Phi) is 6.16. The molecule has 0 bridgehead atoms. The van der Waals surface area contributed by atoms with Crippen molar-refractivity contribution >= 4 is 44.0 Å². The van der Waals surface area contributed by atoms with E-state index < -0.39 is 15.9 Å². The summed E-state index contributed by atoms with van der Waals surface area (Å²) < 4.78 is 32.5. The second-order valence-corrected chi connectivity index (χ2v) is 10.5. The molecule has 1 amide bonds. The van der Waals surface area contributed by atoms with Crippen molar-refractivity contribution in [1.29, 1.82) is 0 Å². The highest BCUT2D eigenvalue weighted by Gasteiger charge is 2.36. The first-order chi connectivity index (χ1) is 14.8. The summed E-state index contributed by atoms with van der Waals surface area (Å²) in [6.07, 6.45) is 1.19. The highest BCUT2D eigenvalue weighted by molar-refractivity contribution is 7.89. The number of nitrogens with one attached hydrogen (secondary N) is 1.